The molecule has 1 N–H and O–H groups in total. The van der Waals surface area contributed by atoms with Crippen LogP contribution in [-0.2, 0) is 6.42 Å². The Morgan fingerprint density at radius 1 is 1.26 bits per heavy atom. The Hall–Kier alpha value is -1.39. The van der Waals surface area contributed by atoms with Crippen molar-refractivity contribution < 1.29 is 14.2 Å². The molecule has 4 heteroatoms. The average molecular weight is 325 g/mol. The molecule has 0 amide bonds. The minimum Gasteiger partial charge on any atom is -0.496 e. The van der Waals surface area contributed by atoms with Crippen molar-refractivity contribution in [2.75, 3.05) is 7.11 Å². The third-order valence-corrected chi connectivity index (χ3v) is 3.37. The van der Waals surface area contributed by atoms with Crippen LogP contribution < -0.4 is 4.74 Å². The summed E-state index contributed by atoms with van der Waals surface area (Å²) < 4.78 is 19.2. The van der Waals surface area contributed by atoms with Gasteiger partial charge in [-0.15, -0.1) is 0 Å². The van der Waals surface area contributed by atoms with E-state index < -0.39 is 6.10 Å². The largest absolute Gasteiger partial charge is 0.496 e. The summed E-state index contributed by atoms with van der Waals surface area (Å²) in [6, 6.07) is 11.7. The van der Waals surface area contributed by atoms with E-state index in [4.69, 9.17) is 4.74 Å². The Labute approximate surface area is 120 Å². The fourth-order valence-corrected chi connectivity index (χ4v) is 2.30. The van der Waals surface area contributed by atoms with Gasteiger partial charge in [-0.05, 0) is 29.8 Å². The highest BCUT2D eigenvalue weighted by Gasteiger charge is 2.14. The number of hydrogen-bond donors (Lipinski definition) is 1. The van der Waals surface area contributed by atoms with E-state index in [2.05, 4.69) is 15.9 Å². The Bertz CT molecular complexity index is 572. The molecule has 0 aliphatic carbocycles. The van der Waals surface area contributed by atoms with Gasteiger partial charge in [-0.2, -0.15) is 0 Å². The van der Waals surface area contributed by atoms with Crippen LogP contribution >= 0.6 is 15.9 Å². The topological polar surface area (TPSA) is 29.5 Å². The molecule has 100 valence electrons. The SMILES string of the molecule is COc1cc(Br)ccc1C(O)Cc1cccc(F)c1. The predicted octanol–water partition coefficient (Wildman–Crippen LogP) is 3.87. The summed E-state index contributed by atoms with van der Waals surface area (Å²) >= 11 is 3.35. The third-order valence-electron chi connectivity index (χ3n) is 2.87. The summed E-state index contributed by atoms with van der Waals surface area (Å²) in [4.78, 5) is 0. The highest BCUT2D eigenvalue weighted by atomic mass is 79.9. The van der Waals surface area contributed by atoms with E-state index in [1.807, 2.05) is 6.07 Å². The standard InChI is InChI=1S/C15H14BrFO2/c1-19-15-9-11(16)5-6-13(15)14(18)8-10-3-2-4-12(17)7-10/h2-7,9,14,18H,8H2,1H3. The van der Waals surface area contributed by atoms with Gasteiger partial charge in [-0.3, -0.25) is 0 Å². The van der Waals surface area contributed by atoms with Gasteiger partial charge < -0.3 is 9.84 Å². The number of ether oxygens (including phenoxy) is 1. The van der Waals surface area contributed by atoms with Gasteiger partial charge in [-0.25, -0.2) is 4.39 Å². The number of halogens is 2. The molecule has 2 aromatic rings. The van der Waals surface area contributed by atoms with Gasteiger partial charge in [0.2, 0.25) is 0 Å². The Balaban J connectivity index is 2.22. The summed E-state index contributed by atoms with van der Waals surface area (Å²) in [7, 11) is 1.56. The Morgan fingerprint density at radius 2 is 2.05 bits per heavy atom. The minimum absolute atomic E-state index is 0.299. The van der Waals surface area contributed by atoms with Gasteiger partial charge in [0, 0.05) is 16.5 Å². The first-order chi connectivity index (χ1) is 9.10. The van der Waals surface area contributed by atoms with Crippen LogP contribution in [0.1, 0.15) is 17.2 Å². The zero-order valence-electron chi connectivity index (χ0n) is 10.4. The highest BCUT2D eigenvalue weighted by molar-refractivity contribution is 9.10. The number of aliphatic hydroxyl groups excluding tert-OH is 1. The van der Waals surface area contributed by atoms with E-state index in [1.54, 1.807) is 31.4 Å². The van der Waals surface area contributed by atoms with E-state index in [9.17, 15) is 9.50 Å². The zero-order chi connectivity index (χ0) is 13.8. The molecule has 1 unspecified atom stereocenters. The smallest absolute Gasteiger partial charge is 0.125 e. The fraction of sp³-hybridized carbons (Fsp3) is 0.200. The molecule has 2 rings (SSSR count). The molecule has 0 saturated carbocycles. The first kappa shape index (κ1) is 14.0. The van der Waals surface area contributed by atoms with Crippen LogP contribution in [0.25, 0.3) is 0 Å². The second kappa shape index (κ2) is 6.17. The molecule has 0 aromatic heterocycles. The van der Waals surface area contributed by atoms with Crippen LogP contribution in [0.4, 0.5) is 4.39 Å². The van der Waals surface area contributed by atoms with Crippen molar-refractivity contribution in [3.63, 3.8) is 0 Å². The lowest BCUT2D eigenvalue weighted by Crippen LogP contribution is -2.04. The van der Waals surface area contributed by atoms with Crippen molar-refractivity contribution >= 4 is 15.9 Å². The maximum Gasteiger partial charge on any atom is 0.125 e. The van der Waals surface area contributed by atoms with Gasteiger partial charge in [0.1, 0.15) is 11.6 Å². The summed E-state index contributed by atoms with van der Waals surface area (Å²) in [5, 5.41) is 10.2. The average Bonchev–Trinajstić information content (AvgIpc) is 2.38. The molecule has 19 heavy (non-hydrogen) atoms. The van der Waals surface area contributed by atoms with Crippen molar-refractivity contribution in [3.05, 3.63) is 63.9 Å². The van der Waals surface area contributed by atoms with Crippen LogP contribution in [0.2, 0.25) is 0 Å². The normalized spacial score (nSPS) is 12.2. The summed E-state index contributed by atoms with van der Waals surface area (Å²) in [5.74, 6) is 0.311. The molecular formula is C15H14BrFO2. The molecule has 1 atom stereocenters. The van der Waals surface area contributed by atoms with Crippen LogP contribution in [-0.4, -0.2) is 12.2 Å². The molecule has 0 aliphatic heterocycles. The molecule has 0 fully saturated rings. The Kier molecular flexibility index (Phi) is 4.56. The number of hydrogen-bond acceptors (Lipinski definition) is 2. The third kappa shape index (κ3) is 3.55. The number of benzene rings is 2. The fourth-order valence-electron chi connectivity index (χ4n) is 1.96. The molecule has 0 radical (unpaired) electrons. The van der Waals surface area contributed by atoms with Crippen LogP contribution in [0.3, 0.4) is 0 Å². The van der Waals surface area contributed by atoms with E-state index in [0.29, 0.717) is 17.7 Å². The maximum absolute atomic E-state index is 13.1. The minimum atomic E-state index is -0.732. The molecular weight excluding hydrogens is 311 g/mol. The van der Waals surface area contributed by atoms with Crippen LogP contribution in [0, 0.1) is 5.82 Å². The number of aliphatic hydroxyl groups is 1. The molecule has 2 nitrogen and oxygen atoms in total. The quantitative estimate of drug-likeness (QED) is 0.925. The van der Waals surface area contributed by atoms with Gasteiger partial charge in [0.05, 0.1) is 13.2 Å². The van der Waals surface area contributed by atoms with Crippen LogP contribution in [0.5, 0.6) is 5.75 Å². The first-order valence-corrected chi connectivity index (χ1v) is 6.65. The maximum atomic E-state index is 13.1. The number of rotatable bonds is 4. The molecule has 0 aliphatic rings. The van der Waals surface area contributed by atoms with Gasteiger partial charge >= 0.3 is 0 Å². The molecule has 0 heterocycles. The van der Waals surface area contributed by atoms with Crippen LogP contribution in [0.15, 0.2) is 46.9 Å². The second-order valence-corrected chi connectivity index (χ2v) is 5.15. The Morgan fingerprint density at radius 3 is 2.74 bits per heavy atom. The van der Waals surface area contributed by atoms with E-state index in [-0.39, 0.29) is 5.82 Å². The molecule has 2 aromatic carbocycles. The van der Waals surface area contributed by atoms with E-state index in [1.165, 1.54) is 12.1 Å². The zero-order valence-corrected chi connectivity index (χ0v) is 12.0. The monoisotopic (exact) mass is 324 g/mol. The molecule has 0 saturated heterocycles. The lowest BCUT2D eigenvalue weighted by Gasteiger charge is -2.15. The summed E-state index contributed by atoms with van der Waals surface area (Å²) in [6.07, 6.45) is -0.389. The van der Waals surface area contributed by atoms with Gasteiger partial charge in [0.25, 0.3) is 0 Å². The van der Waals surface area contributed by atoms with Crippen molar-refractivity contribution in [2.45, 2.75) is 12.5 Å². The second-order valence-electron chi connectivity index (χ2n) is 4.24. The lowest BCUT2D eigenvalue weighted by molar-refractivity contribution is 0.174. The molecule has 0 bridgehead atoms. The number of methoxy groups -OCH3 is 1. The highest BCUT2D eigenvalue weighted by Crippen LogP contribution is 2.30. The van der Waals surface area contributed by atoms with Gasteiger partial charge in [-0.1, -0.05) is 34.1 Å². The van der Waals surface area contributed by atoms with E-state index in [0.717, 1.165) is 10.0 Å². The van der Waals surface area contributed by atoms with Gasteiger partial charge in [0.15, 0.2) is 0 Å². The van der Waals surface area contributed by atoms with Crippen molar-refractivity contribution in [3.8, 4) is 5.75 Å². The first-order valence-electron chi connectivity index (χ1n) is 5.86. The summed E-state index contributed by atoms with van der Waals surface area (Å²) in [6.45, 7) is 0. The summed E-state index contributed by atoms with van der Waals surface area (Å²) in [5.41, 5.74) is 1.44. The lowest BCUT2D eigenvalue weighted by atomic mass is 10.0. The predicted molar refractivity (Wildman–Crippen MR) is 75.8 cm³/mol. The van der Waals surface area contributed by atoms with E-state index >= 15 is 0 Å². The van der Waals surface area contributed by atoms with Crippen molar-refractivity contribution in [1.29, 1.82) is 0 Å². The molecule has 0 spiro atoms. The van der Waals surface area contributed by atoms with Crippen molar-refractivity contribution in [1.82, 2.24) is 0 Å². The van der Waals surface area contributed by atoms with Crippen molar-refractivity contribution in [2.24, 2.45) is 0 Å².